The molecule has 65 valence electrons. The number of hydrogen-bond acceptors (Lipinski definition) is 0. The van der Waals surface area contributed by atoms with E-state index in [1.165, 1.54) is 36.8 Å². The van der Waals surface area contributed by atoms with Crippen molar-refractivity contribution in [2.45, 2.75) is 25.7 Å². The molecule has 1 radical (unpaired) electrons. The van der Waals surface area contributed by atoms with Gasteiger partial charge in [0.2, 0.25) is 0 Å². The van der Waals surface area contributed by atoms with Gasteiger partial charge in [-0.25, -0.2) is 0 Å². The Balaban J connectivity index is 2.05. The summed E-state index contributed by atoms with van der Waals surface area (Å²) in [5.74, 6) is 0. The third-order valence-corrected chi connectivity index (χ3v) is 3.07. The highest BCUT2D eigenvalue weighted by Gasteiger charge is 2.23. The maximum atomic E-state index is 2.38. The van der Waals surface area contributed by atoms with Crippen molar-refractivity contribution < 1.29 is 0 Å². The molecule has 0 unspecified atom stereocenters. The first kappa shape index (κ1) is 7.37. The van der Waals surface area contributed by atoms with Crippen LogP contribution in [0.1, 0.15) is 25.7 Å². The Morgan fingerprint density at radius 3 is 2.77 bits per heavy atom. The summed E-state index contributed by atoms with van der Waals surface area (Å²) in [5, 5.41) is 0. The largest absolute Gasteiger partial charge is 0.0839 e. The van der Waals surface area contributed by atoms with Crippen LogP contribution in [-0.4, -0.2) is 0 Å². The van der Waals surface area contributed by atoms with Crippen molar-refractivity contribution in [3.63, 3.8) is 0 Å². The molecule has 0 heteroatoms. The molecule has 0 heterocycles. The van der Waals surface area contributed by atoms with E-state index in [-0.39, 0.29) is 0 Å². The van der Waals surface area contributed by atoms with Crippen LogP contribution in [0.5, 0.6) is 0 Å². The third kappa shape index (κ3) is 1.05. The summed E-state index contributed by atoms with van der Waals surface area (Å²) >= 11 is 0. The van der Waals surface area contributed by atoms with E-state index in [1.54, 1.807) is 11.1 Å². The maximum Gasteiger partial charge on any atom is 0.0167 e. The molecular formula is C13H13. The van der Waals surface area contributed by atoms with Gasteiger partial charge in [0, 0.05) is 6.42 Å². The van der Waals surface area contributed by atoms with Crippen molar-refractivity contribution in [3.8, 4) is 0 Å². The molecule has 0 aromatic heterocycles. The lowest BCUT2D eigenvalue weighted by molar-refractivity contribution is 0.947. The van der Waals surface area contributed by atoms with Crippen molar-refractivity contribution in [1.29, 1.82) is 0 Å². The Labute approximate surface area is 79.3 Å². The molecule has 0 aromatic rings. The Hall–Kier alpha value is -1.04. The molecule has 0 spiro atoms. The van der Waals surface area contributed by atoms with Crippen LogP contribution in [0.3, 0.4) is 0 Å². The molecule has 0 nitrogen and oxygen atoms in total. The van der Waals surface area contributed by atoms with Crippen molar-refractivity contribution in [2.75, 3.05) is 0 Å². The summed E-state index contributed by atoms with van der Waals surface area (Å²) in [6, 6.07) is 0. The number of allylic oxidation sites excluding steroid dienone is 8. The molecule has 0 aromatic carbocycles. The minimum Gasteiger partial charge on any atom is -0.0839 e. The first-order valence-corrected chi connectivity index (χ1v) is 5.09. The molecule has 0 saturated heterocycles. The van der Waals surface area contributed by atoms with Crippen LogP contribution in [0, 0.1) is 6.42 Å². The standard InChI is InChI=1S/C13H13/c1-3-7-12-10(5-1)9-11-6-2-4-8-13(11)12/h1,4-5,8-9H,2-3,6-7H2. The normalized spacial score (nSPS) is 25.2. The second-order valence-electron chi connectivity index (χ2n) is 3.90. The molecule has 0 atom stereocenters. The van der Waals surface area contributed by atoms with E-state index in [0.29, 0.717) is 0 Å². The van der Waals surface area contributed by atoms with Gasteiger partial charge in [0.25, 0.3) is 0 Å². The SMILES string of the molecule is [CH]1C2=C(CCC=C2)C2=C1CCC=C2. The molecule has 0 aliphatic heterocycles. The Morgan fingerprint density at radius 1 is 0.923 bits per heavy atom. The topological polar surface area (TPSA) is 0 Å². The van der Waals surface area contributed by atoms with E-state index in [0.717, 1.165) is 0 Å². The van der Waals surface area contributed by atoms with Gasteiger partial charge in [0.05, 0.1) is 0 Å². The van der Waals surface area contributed by atoms with E-state index in [1.807, 2.05) is 0 Å². The molecule has 0 N–H and O–H groups in total. The average Bonchev–Trinajstić information content (AvgIpc) is 2.56. The van der Waals surface area contributed by atoms with Crippen molar-refractivity contribution in [2.24, 2.45) is 0 Å². The second kappa shape index (κ2) is 2.73. The summed E-state index contributed by atoms with van der Waals surface area (Å²) in [6.07, 6.45) is 16.5. The summed E-state index contributed by atoms with van der Waals surface area (Å²) in [4.78, 5) is 0. The second-order valence-corrected chi connectivity index (χ2v) is 3.90. The van der Waals surface area contributed by atoms with Gasteiger partial charge < -0.3 is 0 Å². The lowest BCUT2D eigenvalue weighted by atomic mass is 9.93. The predicted molar refractivity (Wildman–Crippen MR) is 55.1 cm³/mol. The van der Waals surface area contributed by atoms with E-state index in [2.05, 4.69) is 30.7 Å². The molecule has 0 amide bonds. The fourth-order valence-electron chi connectivity index (χ4n) is 2.42. The minimum absolute atomic E-state index is 1.22. The van der Waals surface area contributed by atoms with Crippen LogP contribution in [0.2, 0.25) is 0 Å². The molecule has 13 heavy (non-hydrogen) atoms. The number of rotatable bonds is 0. The van der Waals surface area contributed by atoms with Crippen LogP contribution in [0.15, 0.2) is 46.6 Å². The van der Waals surface area contributed by atoms with Crippen LogP contribution in [0.25, 0.3) is 0 Å². The zero-order chi connectivity index (χ0) is 8.67. The van der Waals surface area contributed by atoms with Gasteiger partial charge in [0.15, 0.2) is 0 Å². The van der Waals surface area contributed by atoms with Crippen LogP contribution >= 0.6 is 0 Å². The fraction of sp³-hybridized carbons (Fsp3) is 0.308. The van der Waals surface area contributed by atoms with E-state index < -0.39 is 0 Å². The van der Waals surface area contributed by atoms with E-state index in [4.69, 9.17) is 0 Å². The Kier molecular flexibility index (Phi) is 1.55. The minimum atomic E-state index is 1.22. The molecule has 3 aliphatic rings. The van der Waals surface area contributed by atoms with Gasteiger partial charge in [-0.3, -0.25) is 0 Å². The zero-order valence-corrected chi connectivity index (χ0v) is 7.72. The van der Waals surface area contributed by atoms with Crippen molar-refractivity contribution in [1.82, 2.24) is 0 Å². The average molecular weight is 169 g/mol. The van der Waals surface area contributed by atoms with Gasteiger partial charge in [-0.1, -0.05) is 29.9 Å². The van der Waals surface area contributed by atoms with Crippen LogP contribution in [0.4, 0.5) is 0 Å². The highest BCUT2D eigenvalue weighted by atomic mass is 14.3. The zero-order valence-electron chi connectivity index (χ0n) is 7.72. The lowest BCUT2D eigenvalue weighted by Gasteiger charge is -2.11. The predicted octanol–water partition coefficient (Wildman–Crippen LogP) is 3.50. The van der Waals surface area contributed by atoms with E-state index in [9.17, 15) is 0 Å². The Morgan fingerprint density at radius 2 is 1.77 bits per heavy atom. The quantitative estimate of drug-likeness (QED) is 0.520. The highest BCUT2D eigenvalue weighted by molar-refractivity contribution is 5.63. The van der Waals surface area contributed by atoms with Crippen molar-refractivity contribution in [3.05, 3.63) is 53.0 Å². The van der Waals surface area contributed by atoms with Crippen molar-refractivity contribution >= 4 is 0 Å². The number of hydrogen-bond donors (Lipinski definition) is 0. The molecule has 0 fully saturated rings. The molecular weight excluding hydrogens is 156 g/mol. The van der Waals surface area contributed by atoms with E-state index >= 15 is 0 Å². The number of fused-ring (bicyclic) bond motifs is 1. The maximum absolute atomic E-state index is 2.38. The smallest absolute Gasteiger partial charge is 0.0167 e. The first-order valence-electron chi connectivity index (χ1n) is 5.09. The lowest BCUT2D eigenvalue weighted by Crippen LogP contribution is -1.92. The summed E-state index contributed by atoms with van der Waals surface area (Å²) < 4.78 is 0. The van der Waals surface area contributed by atoms with Gasteiger partial charge in [0.1, 0.15) is 0 Å². The summed E-state index contributed by atoms with van der Waals surface area (Å²) in [5.41, 5.74) is 6.17. The van der Waals surface area contributed by atoms with Crippen LogP contribution < -0.4 is 0 Å². The molecule has 3 rings (SSSR count). The molecule has 0 bridgehead atoms. The highest BCUT2D eigenvalue weighted by Crippen LogP contribution is 2.41. The fourth-order valence-corrected chi connectivity index (χ4v) is 2.42. The van der Waals surface area contributed by atoms with Gasteiger partial charge in [-0.15, -0.1) is 0 Å². The van der Waals surface area contributed by atoms with Gasteiger partial charge >= 0.3 is 0 Å². The molecule has 0 saturated carbocycles. The van der Waals surface area contributed by atoms with Gasteiger partial charge in [-0.2, -0.15) is 0 Å². The third-order valence-electron chi connectivity index (χ3n) is 3.07. The molecule has 3 aliphatic carbocycles. The van der Waals surface area contributed by atoms with Crippen LogP contribution in [-0.2, 0) is 0 Å². The Bertz CT molecular complexity index is 361. The summed E-state index contributed by atoms with van der Waals surface area (Å²) in [6.45, 7) is 0. The first-order chi connectivity index (χ1) is 6.45. The summed E-state index contributed by atoms with van der Waals surface area (Å²) in [7, 11) is 0. The monoisotopic (exact) mass is 169 g/mol. The van der Waals surface area contributed by atoms with Gasteiger partial charge in [-0.05, 0) is 42.4 Å².